The summed E-state index contributed by atoms with van der Waals surface area (Å²) >= 11 is 9.37. The van der Waals surface area contributed by atoms with Crippen molar-refractivity contribution in [2.24, 2.45) is 0 Å². The van der Waals surface area contributed by atoms with Crippen LogP contribution in [0.5, 0.6) is 0 Å². The van der Waals surface area contributed by atoms with E-state index in [0.29, 0.717) is 5.15 Å². The van der Waals surface area contributed by atoms with E-state index >= 15 is 0 Å². The van der Waals surface area contributed by atoms with E-state index in [-0.39, 0.29) is 5.41 Å². The lowest BCUT2D eigenvalue weighted by Crippen LogP contribution is -2.12. The van der Waals surface area contributed by atoms with Gasteiger partial charge >= 0.3 is 0 Å². The van der Waals surface area contributed by atoms with Gasteiger partial charge in [-0.3, -0.25) is 0 Å². The van der Waals surface area contributed by atoms with Crippen LogP contribution in [0.3, 0.4) is 0 Å². The highest BCUT2D eigenvalue weighted by Gasteiger charge is 2.15. The van der Waals surface area contributed by atoms with E-state index in [1.54, 1.807) is 0 Å². The second kappa shape index (κ2) is 4.63. The van der Waals surface area contributed by atoms with E-state index in [0.717, 1.165) is 17.4 Å². The Morgan fingerprint density at radius 3 is 2.50 bits per heavy atom. The van der Waals surface area contributed by atoms with Crippen molar-refractivity contribution in [2.45, 2.75) is 32.6 Å². The SMILES string of the molecule is CC(C)(C)c1cc(Cl)nc(CCBr)c1. The minimum Gasteiger partial charge on any atom is -0.241 e. The predicted octanol–water partition coefficient (Wildman–Crippen LogP) is 3.97. The summed E-state index contributed by atoms with van der Waals surface area (Å²) in [6, 6.07) is 4.08. The molecule has 0 bridgehead atoms. The second-order valence-electron chi connectivity index (χ2n) is 4.36. The van der Waals surface area contributed by atoms with Crippen LogP contribution in [0.15, 0.2) is 12.1 Å². The minimum absolute atomic E-state index is 0.133. The molecule has 0 radical (unpaired) electrons. The average Bonchev–Trinajstić information content (AvgIpc) is 2.02. The highest BCUT2D eigenvalue weighted by atomic mass is 79.9. The van der Waals surface area contributed by atoms with Gasteiger partial charge in [-0.25, -0.2) is 4.98 Å². The number of pyridine rings is 1. The molecule has 0 amide bonds. The number of aryl methyl sites for hydroxylation is 1. The lowest BCUT2D eigenvalue weighted by atomic mass is 9.87. The Morgan fingerprint density at radius 2 is 2.00 bits per heavy atom. The Balaban J connectivity index is 3.07. The first-order valence-electron chi connectivity index (χ1n) is 4.66. The molecule has 1 heterocycles. The number of hydrogen-bond donors (Lipinski definition) is 0. The molecule has 78 valence electrons. The average molecular weight is 277 g/mol. The maximum atomic E-state index is 5.97. The fourth-order valence-electron chi connectivity index (χ4n) is 1.21. The molecule has 3 heteroatoms. The van der Waals surface area contributed by atoms with Crippen LogP contribution >= 0.6 is 27.5 Å². The molecular formula is C11H15BrClN. The number of alkyl halides is 1. The summed E-state index contributed by atoms with van der Waals surface area (Å²) in [7, 11) is 0. The van der Waals surface area contributed by atoms with Crippen LogP contribution in [0.4, 0.5) is 0 Å². The van der Waals surface area contributed by atoms with Crippen LogP contribution in [-0.2, 0) is 11.8 Å². The Hall–Kier alpha value is -0.0800. The van der Waals surface area contributed by atoms with Gasteiger partial charge in [-0.05, 0) is 29.5 Å². The second-order valence-corrected chi connectivity index (χ2v) is 5.54. The summed E-state index contributed by atoms with van der Waals surface area (Å²) in [6.45, 7) is 6.53. The van der Waals surface area contributed by atoms with E-state index in [1.807, 2.05) is 6.07 Å². The van der Waals surface area contributed by atoms with Gasteiger partial charge in [0, 0.05) is 11.0 Å². The number of rotatable bonds is 2. The fourth-order valence-corrected chi connectivity index (χ4v) is 1.84. The third-order valence-corrected chi connectivity index (χ3v) is 2.65. The third kappa shape index (κ3) is 3.25. The van der Waals surface area contributed by atoms with Gasteiger partial charge in [0.15, 0.2) is 0 Å². The molecule has 14 heavy (non-hydrogen) atoms. The number of halogens is 2. The van der Waals surface area contributed by atoms with Gasteiger partial charge < -0.3 is 0 Å². The highest BCUT2D eigenvalue weighted by Crippen LogP contribution is 2.25. The van der Waals surface area contributed by atoms with Gasteiger partial charge in [0.2, 0.25) is 0 Å². The van der Waals surface area contributed by atoms with Crippen molar-refractivity contribution in [3.8, 4) is 0 Å². The van der Waals surface area contributed by atoms with Crippen molar-refractivity contribution >= 4 is 27.5 Å². The van der Waals surface area contributed by atoms with Gasteiger partial charge in [0.1, 0.15) is 5.15 Å². The maximum Gasteiger partial charge on any atom is 0.129 e. The van der Waals surface area contributed by atoms with Gasteiger partial charge in [0.05, 0.1) is 0 Å². The first-order chi connectivity index (χ1) is 6.43. The number of hydrogen-bond acceptors (Lipinski definition) is 1. The summed E-state index contributed by atoms with van der Waals surface area (Å²) in [5.41, 5.74) is 2.43. The van der Waals surface area contributed by atoms with Crippen LogP contribution in [0, 0.1) is 0 Å². The van der Waals surface area contributed by atoms with E-state index < -0.39 is 0 Å². The molecule has 1 aromatic rings. The molecule has 0 atom stereocenters. The zero-order valence-corrected chi connectivity index (χ0v) is 11.1. The normalized spacial score (nSPS) is 11.8. The molecule has 1 rings (SSSR count). The molecular weight excluding hydrogens is 261 g/mol. The molecule has 1 aromatic heterocycles. The summed E-state index contributed by atoms with van der Waals surface area (Å²) < 4.78 is 0. The molecule has 0 spiro atoms. The molecule has 0 N–H and O–H groups in total. The first kappa shape index (κ1) is 12.0. The van der Waals surface area contributed by atoms with Crippen LogP contribution < -0.4 is 0 Å². The van der Waals surface area contributed by atoms with Crippen molar-refractivity contribution in [3.05, 3.63) is 28.5 Å². The Labute approximate surface area is 99.0 Å². The standard InChI is InChI=1S/C11H15BrClN/c1-11(2,3)8-6-9(4-5-12)14-10(13)7-8/h6-7H,4-5H2,1-3H3. The van der Waals surface area contributed by atoms with E-state index in [2.05, 4.69) is 47.8 Å². The lowest BCUT2D eigenvalue weighted by Gasteiger charge is -2.19. The van der Waals surface area contributed by atoms with Crippen molar-refractivity contribution < 1.29 is 0 Å². The van der Waals surface area contributed by atoms with Crippen molar-refractivity contribution in [1.82, 2.24) is 4.98 Å². The van der Waals surface area contributed by atoms with E-state index in [1.165, 1.54) is 5.56 Å². The molecule has 0 saturated carbocycles. The molecule has 0 saturated heterocycles. The van der Waals surface area contributed by atoms with Crippen LogP contribution in [0.2, 0.25) is 5.15 Å². The lowest BCUT2D eigenvalue weighted by molar-refractivity contribution is 0.588. The molecule has 0 unspecified atom stereocenters. The summed E-state index contributed by atoms with van der Waals surface area (Å²) in [5.74, 6) is 0. The van der Waals surface area contributed by atoms with Crippen molar-refractivity contribution in [3.63, 3.8) is 0 Å². The van der Waals surface area contributed by atoms with Gasteiger partial charge in [0.25, 0.3) is 0 Å². The Kier molecular flexibility index (Phi) is 3.96. The molecule has 0 aliphatic carbocycles. The van der Waals surface area contributed by atoms with Gasteiger partial charge in [-0.1, -0.05) is 48.3 Å². The molecule has 0 aromatic carbocycles. The maximum absolute atomic E-state index is 5.97. The Morgan fingerprint density at radius 1 is 1.36 bits per heavy atom. The number of nitrogens with zero attached hydrogens (tertiary/aromatic N) is 1. The summed E-state index contributed by atoms with van der Waals surface area (Å²) in [6.07, 6.45) is 0.920. The summed E-state index contributed by atoms with van der Waals surface area (Å²) in [5, 5.41) is 1.51. The molecule has 1 nitrogen and oxygen atoms in total. The topological polar surface area (TPSA) is 12.9 Å². The van der Waals surface area contributed by atoms with E-state index in [4.69, 9.17) is 11.6 Å². The zero-order valence-electron chi connectivity index (χ0n) is 8.77. The third-order valence-electron chi connectivity index (χ3n) is 2.06. The van der Waals surface area contributed by atoms with Gasteiger partial charge in [-0.15, -0.1) is 0 Å². The van der Waals surface area contributed by atoms with Crippen molar-refractivity contribution in [1.29, 1.82) is 0 Å². The van der Waals surface area contributed by atoms with Crippen LogP contribution in [0.1, 0.15) is 32.0 Å². The van der Waals surface area contributed by atoms with Crippen LogP contribution in [-0.4, -0.2) is 10.3 Å². The first-order valence-corrected chi connectivity index (χ1v) is 6.16. The molecule has 0 aliphatic rings. The predicted molar refractivity (Wildman–Crippen MR) is 65.4 cm³/mol. The molecule has 0 aliphatic heterocycles. The largest absolute Gasteiger partial charge is 0.241 e. The highest BCUT2D eigenvalue weighted by molar-refractivity contribution is 9.09. The van der Waals surface area contributed by atoms with Gasteiger partial charge in [-0.2, -0.15) is 0 Å². The quantitative estimate of drug-likeness (QED) is 0.588. The fraction of sp³-hybridized carbons (Fsp3) is 0.545. The monoisotopic (exact) mass is 275 g/mol. The summed E-state index contributed by atoms with van der Waals surface area (Å²) in [4.78, 5) is 4.27. The van der Waals surface area contributed by atoms with E-state index in [9.17, 15) is 0 Å². The smallest absolute Gasteiger partial charge is 0.129 e. The van der Waals surface area contributed by atoms with Crippen LogP contribution in [0.25, 0.3) is 0 Å². The van der Waals surface area contributed by atoms with Crippen molar-refractivity contribution in [2.75, 3.05) is 5.33 Å². The molecule has 0 fully saturated rings. The zero-order chi connectivity index (χ0) is 10.8. The Bertz CT molecular complexity index is 318. The number of aromatic nitrogens is 1. The minimum atomic E-state index is 0.133.